The van der Waals surface area contributed by atoms with Crippen molar-refractivity contribution in [2.75, 3.05) is 13.1 Å². The van der Waals surface area contributed by atoms with E-state index in [9.17, 15) is 35.9 Å². The molecule has 4 heterocycles. The zero-order chi connectivity index (χ0) is 31.9. The Labute approximate surface area is 258 Å². The van der Waals surface area contributed by atoms with Gasteiger partial charge in [0.25, 0.3) is 11.8 Å². The van der Waals surface area contributed by atoms with Crippen molar-refractivity contribution in [3.8, 4) is 5.75 Å². The zero-order valence-electron chi connectivity index (χ0n) is 23.5. The van der Waals surface area contributed by atoms with Crippen LogP contribution in [0.15, 0.2) is 48.0 Å². The Balaban J connectivity index is 1.58. The Morgan fingerprint density at radius 1 is 1.09 bits per heavy atom. The first-order valence-electron chi connectivity index (χ1n) is 14.0. The number of ether oxygens (including phenoxy) is 1. The maximum absolute atomic E-state index is 14.6. The molecule has 1 unspecified atom stereocenters. The van der Waals surface area contributed by atoms with E-state index in [0.717, 1.165) is 40.9 Å². The fraction of sp³-hybridized carbons (Fsp3) is 0.433. The van der Waals surface area contributed by atoms with Crippen molar-refractivity contribution in [2.24, 2.45) is 0 Å². The van der Waals surface area contributed by atoms with E-state index < -0.39 is 51.9 Å². The predicted octanol–water partition coefficient (Wildman–Crippen LogP) is 7.64. The number of alkyl halides is 6. The van der Waals surface area contributed by atoms with Crippen LogP contribution in [-0.4, -0.2) is 51.3 Å². The second-order valence-electron chi connectivity index (χ2n) is 10.8. The Bertz CT molecular complexity index is 1540. The number of carbonyl (C=O) groups is 2. The van der Waals surface area contributed by atoms with Gasteiger partial charge in [0.2, 0.25) is 5.60 Å². The molecule has 0 N–H and O–H groups in total. The van der Waals surface area contributed by atoms with E-state index in [1.807, 2.05) is 0 Å². The first-order chi connectivity index (χ1) is 20.7. The third-order valence-corrected chi connectivity index (χ3v) is 9.17. The Hall–Kier alpha value is -3.32. The predicted molar refractivity (Wildman–Crippen MR) is 151 cm³/mol. The van der Waals surface area contributed by atoms with Gasteiger partial charge in [-0.15, -0.1) is 11.3 Å². The molecule has 44 heavy (non-hydrogen) atoms. The number of amides is 2. The monoisotopic (exact) mass is 659 g/mol. The van der Waals surface area contributed by atoms with Crippen molar-refractivity contribution in [2.45, 2.75) is 69.6 Å². The van der Waals surface area contributed by atoms with Gasteiger partial charge in [0.1, 0.15) is 16.3 Å². The minimum Gasteiger partial charge on any atom is -0.474 e. The van der Waals surface area contributed by atoms with E-state index in [4.69, 9.17) is 16.3 Å². The third-order valence-electron chi connectivity index (χ3n) is 7.98. The van der Waals surface area contributed by atoms with E-state index >= 15 is 0 Å². The van der Waals surface area contributed by atoms with Crippen LogP contribution in [0.5, 0.6) is 5.75 Å². The van der Waals surface area contributed by atoms with Crippen molar-refractivity contribution in [1.29, 1.82) is 0 Å². The van der Waals surface area contributed by atoms with Crippen LogP contribution in [0.1, 0.15) is 64.7 Å². The lowest BCUT2D eigenvalue weighted by atomic mass is 9.79. The number of halogens is 7. The molecule has 2 aromatic heterocycles. The molecular weight excluding hydrogens is 632 g/mol. The first kappa shape index (κ1) is 32.1. The lowest BCUT2D eigenvalue weighted by Gasteiger charge is -2.50. The molecule has 14 heteroatoms. The van der Waals surface area contributed by atoms with Gasteiger partial charge in [-0.05, 0) is 54.7 Å². The summed E-state index contributed by atoms with van der Waals surface area (Å²) in [6, 6.07) is 6.83. The van der Waals surface area contributed by atoms with E-state index in [2.05, 4.69) is 4.98 Å². The summed E-state index contributed by atoms with van der Waals surface area (Å²) >= 11 is 6.54. The van der Waals surface area contributed by atoms with Gasteiger partial charge in [0, 0.05) is 48.7 Å². The minimum atomic E-state index is -4.87. The van der Waals surface area contributed by atoms with Crippen LogP contribution in [0.3, 0.4) is 0 Å². The fourth-order valence-corrected chi connectivity index (χ4v) is 6.91. The molecule has 1 aromatic carbocycles. The zero-order valence-corrected chi connectivity index (χ0v) is 25.0. The highest BCUT2D eigenvalue weighted by atomic mass is 35.5. The van der Waals surface area contributed by atoms with Gasteiger partial charge in [-0.25, -0.2) is 0 Å². The smallest absolute Gasteiger partial charge is 0.425 e. The van der Waals surface area contributed by atoms with Gasteiger partial charge in [-0.1, -0.05) is 31.0 Å². The molecule has 2 atom stereocenters. The highest BCUT2D eigenvalue weighted by Crippen LogP contribution is 2.43. The number of benzene rings is 1. The summed E-state index contributed by atoms with van der Waals surface area (Å²) in [5.74, 6) is -1.79. The highest BCUT2D eigenvalue weighted by molar-refractivity contribution is 7.10. The molecule has 5 rings (SSSR count). The second-order valence-corrected chi connectivity index (χ2v) is 12.2. The van der Waals surface area contributed by atoms with Gasteiger partial charge >= 0.3 is 12.4 Å². The van der Waals surface area contributed by atoms with Gasteiger partial charge in [-0.3, -0.25) is 14.6 Å². The quantitative estimate of drug-likeness (QED) is 0.255. The maximum atomic E-state index is 14.6. The standard InChI is InChI=1S/C30H28ClF6N3O3S/c1-2-5-23-28(43-21-15-24(44-17-21)30(35,36)37,27(42)39-13-9-18-14-20(31)8-7-19(18)16-39)10-4-12-40(23)26(41)25-22(29(32,33)34)6-3-11-38-25/h3,6-8,11,14-15,17,23H,2,4-5,9-10,12-13,16H2,1H3/t23-,28?/m1/s1. The molecule has 0 radical (unpaired) electrons. The molecule has 0 spiro atoms. The van der Waals surface area contributed by atoms with Gasteiger partial charge < -0.3 is 14.5 Å². The van der Waals surface area contributed by atoms with Crippen LogP contribution < -0.4 is 4.74 Å². The molecule has 2 aliphatic rings. The number of fused-ring (bicyclic) bond motifs is 1. The average molecular weight is 660 g/mol. The van der Waals surface area contributed by atoms with Crippen molar-refractivity contribution in [1.82, 2.24) is 14.8 Å². The normalized spacial score (nSPS) is 20.8. The second kappa shape index (κ2) is 12.2. The van der Waals surface area contributed by atoms with E-state index in [1.54, 1.807) is 25.1 Å². The molecule has 2 aliphatic heterocycles. The number of thiophene rings is 1. The molecule has 2 amide bonds. The number of aromatic nitrogens is 1. The van der Waals surface area contributed by atoms with Gasteiger partial charge in [0.15, 0.2) is 0 Å². The van der Waals surface area contributed by atoms with Crippen LogP contribution in [0.4, 0.5) is 26.3 Å². The lowest BCUT2D eigenvalue weighted by molar-refractivity contribution is -0.160. The molecule has 236 valence electrons. The van der Waals surface area contributed by atoms with Crippen molar-refractivity contribution in [3.05, 3.63) is 80.3 Å². The Morgan fingerprint density at radius 2 is 1.86 bits per heavy atom. The number of piperidine rings is 1. The minimum absolute atomic E-state index is 0.00846. The van der Waals surface area contributed by atoms with Gasteiger partial charge in [0.05, 0.1) is 11.6 Å². The molecule has 0 aliphatic carbocycles. The van der Waals surface area contributed by atoms with E-state index in [-0.39, 0.29) is 44.6 Å². The van der Waals surface area contributed by atoms with Crippen LogP contribution in [0.25, 0.3) is 0 Å². The van der Waals surface area contributed by atoms with Crippen molar-refractivity contribution >= 4 is 34.8 Å². The lowest BCUT2D eigenvalue weighted by Crippen LogP contribution is -2.68. The molecule has 0 bridgehead atoms. The Morgan fingerprint density at radius 3 is 2.55 bits per heavy atom. The summed E-state index contributed by atoms with van der Waals surface area (Å²) in [6.45, 7) is 2.20. The SMILES string of the molecule is CCC[C@H]1N(C(=O)c2ncccc2C(F)(F)F)CCCC1(Oc1csc(C(F)(F)F)c1)C(=O)N1CCc2cc(Cl)ccc2C1. The number of hydrogen-bond donors (Lipinski definition) is 0. The van der Waals surface area contributed by atoms with Crippen molar-refractivity contribution < 1.29 is 40.7 Å². The molecule has 6 nitrogen and oxygen atoms in total. The molecule has 3 aromatic rings. The summed E-state index contributed by atoms with van der Waals surface area (Å²) in [6.07, 6.45) is -7.24. The summed E-state index contributed by atoms with van der Waals surface area (Å²) < 4.78 is 88.4. The Kier molecular flexibility index (Phi) is 8.92. The summed E-state index contributed by atoms with van der Waals surface area (Å²) in [7, 11) is 0. The summed E-state index contributed by atoms with van der Waals surface area (Å²) in [5.41, 5.74) is -2.13. The topological polar surface area (TPSA) is 62.7 Å². The van der Waals surface area contributed by atoms with Crippen molar-refractivity contribution in [3.63, 3.8) is 0 Å². The van der Waals surface area contributed by atoms with Crippen LogP contribution in [0, 0.1) is 0 Å². The highest BCUT2D eigenvalue weighted by Gasteiger charge is 2.56. The molecule has 0 saturated carbocycles. The number of likely N-dealkylation sites (tertiary alicyclic amines) is 1. The average Bonchev–Trinajstić information content (AvgIpc) is 3.46. The van der Waals surface area contributed by atoms with E-state index in [0.29, 0.717) is 29.2 Å². The molecular formula is C30H28ClF6N3O3S. The summed E-state index contributed by atoms with van der Waals surface area (Å²) in [4.78, 5) is 34.0. The molecule has 1 saturated heterocycles. The number of pyridine rings is 1. The summed E-state index contributed by atoms with van der Waals surface area (Å²) in [5, 5.41) is 1.69. The third kappa shape index (κ3) is 6.26. The maximum Gasteiger partial charge on any atom is 0.425 e. The fourth-order valence-electron chi connectivity index (χ4n) is 6.04. The van der Waals surface area contributed by atoms with E-state index in [1.165, 1.54) is 9.80 Å². The number of hydrogen-bond acceptors (Lipinski definition) is 5. The van der Waals surface area contributed by atoms with Crippen LogP contribution in [0.2, 0.25) is 5.02 Å². The van der Waals surface area contributed by atoms with Gasteiger partial charge in [-0.2, -0.15) is 26.3 Å². The largest absolute Gasteiger partial charge is 0.474 e. The first-order valence-corrected chi connectivity index (χ1v) is 15.2. The molecule has 1 fully saturated rings. The number of nitrogens with zero attached hydrogens (tertiary/aromatic N) is 3. The number of carbonyl (C=O) groups excluding carboxylic acids is 2. The number of rotatable bonds is 6. The van der Waals surface area contributed by atoms with Crippen LogP contribution >= 0.6 is 22.9 Å². The van der Waals surface area contributed by atoms with Crippen LogP contribution in [-0.2, 0) is 30.1 Å².